The van der Waals surface area contributed by atoms with E-state index in [4.69, 9.17) is 11.6 Å². The third-order valence-electron chi connectivity index (χ3n) is 1.73. The molecule has 0 bridgehead atoms. The van der Waals surface area contributed by atoms with Gasteiger partial charge in [-0.2, -0.15) is 0 Å². The summed E-state index contributed by atoms with van der Waals surface area (Å²) in [5, 5.41) is 0.0250. The second-order valence-corrected chi connectivity index (χ2v) is 3.14. The average molecular weight is 179 g/mol. The van der Waals surface area contributed by atoms with Crippen LogP contribution >= 0.6 is 11.6 Å². The van der Waals surface area contributed by atoms with Crippen molar-refractivity contribution in [3.8, 4) is 0 Å². The van der Waals surface area contributed by atoms with Gasteiger partial charge in [-0.25, -0.2) is 8.78 Å². The van der Waals surface area contributed by atoms with Gasteiger partial charge in [-0.15, -0.1) is 0 Å². The lowest BCUT2D eigenvalue weighted by molar-refractivity contribution is 0.287. The first-order chi connectivity index (χ1) is 5.11. The van der Waals surface area contributed by atoms with E-state index in [9.17, 15) is 8.78 Å². The molecule has 3 heteroatoms. The number of rotatable bonds is 0. The third kappa shape index (κ3) is 2.03. The molecule has 62 valence electrons. The van der Waals surface area contributed by atoms with Crippen LogP contribution in [0.4, 0.5) is 8.78 Å². The highest BCUT2D eigenvalue weighted by Gasteiger charge is 2.19. The average Bonchev–Trinajstić information content (AvgIpc) is 2.05. The Bertz CT molecular complexity index is 208. The van der Waals surface area contributed by atoms with Gasteiger partial charge in [0.2, 0.25) is 0 Å². The van der Waals surface area contributed by atoms with Crippen molar-refractivity contribution in [3.63, 3.8) is 0 Å². The van der Waals surface area contributed by atoms with Crippen molar-refractivity contribution in [2.45, 2.75) is 19.5 Å². The molecule has 0 nitrogen and oxygen atoms in total. The van der Waals surface area contributed by atoms with Gasteiger partial charge >= 0.3 is 0 Å². The van der Waals surface area contributed by atoms with Gasteiger partial charge in [0.25, 0.3) is 0 Å². The zero-order chi connectivity index (χ0) is 8.43. The fourth-order valence-corrected chi connectivity index (χ4v) is 1.10. The number of halogens is 3. The lowest BCUT2D eigenvalue weighted by Gasteiger charge is -2.09. The first-order valence-electron chi connectivity index (χ1n) is 3.47. The number of alkyl halides is 1. The molecule has 0 saturated carbocycles. The van der Waals surface area contributed by atoms with Gasteiger partial charge in [-0.3, -0.25) is 0 Å². The molecule has 0 N–H and O–H groups in total. The van der Waals surface area contributed by atoms with Crippen LogP contribution in [0, 0.1) is 5.92 Å². The Labute approximate surface area is 69.5 Å². The maximum absolute atomic E-state index is 12.8. The SMILES string of the molecule is CC1CC(F)=C(Cl)C=CC1F. The summed E-state index contributed by atoms with van der Waals surface area (Å²) in [5.74, 6) is -0.738. The van der Waals surface area contributed by atoms with E-state index in [1.165, 1.54) is 12.2 Å². The van der Waals surface area contributed by atoms with Crippen molar-refractivity contribution < 1.29 is 8.78 Å². The van der Waals surface area contributed by atoms with E-state index in [1.54, 1.807) is 6.92 Å². The van der Waals surface area contributed by atoms with Crippen LogP contribution in [-0.2, 0) is 0 Å². The summed E-state index contributed by atoms with van der Waals surface area (Å²) in [5.41, 5.74) is 0. The molecule has 0 spiro atoms. The summed E-state index contributed by atoms with van der Waals surface area (Å²) < 4.78 is 25.6. The molecule has 0 heterocycles. The predicted octanol–water partition coefficient (Wildman–Crippen LogP) is 3.34. The minimum atomic E-state index is -1.09. The molecule has 0 aromatic carbocycles. The molecule has 2 unspecified atom stereocenters. The van der Waals surface area contributed by atoms with Gasteiger partial charge < -0.3 is 0 Å². The second-order valence-electron chi connectivity index (χ2n) is 2.74. The minimum Gasteiger partial charge on any atom is -0.243 e. The summed E-state index contributed by atoms with van der Waals surface area (Å²) in [6.45, 7) is 1.66. The molecule has 0 saturated heterocycles. The zero-order valence-corrected chi connectivity index (χ0v) is 6.91. The first kappa shape index (κ1) is 8.72. The highest BCUT2D eigenvalue weighted by atomic mass is 35.5. The molecule has 0 aromatic heterocycles. The van der Waals surface area contributed by atoms with Crippen molar-refractivity contribution in [1.29, 1.82) is 0 Å². The Hall–Kier alpha value is -0.370. The monoisotopic (exact) mass is 178 g/mol. The molecule has 11 heavy (non-hydrogen) atoms. The van der Waals surface area contributed by atoms with Crippen LogP contribution in [0.15, 0.2) is 23.0 Å². The molecule has 0 amide bonds. The molecular weight excluding hydrogens is 170 g/mol. The Kier molecular flexibility index (Phi) is 2.66. The Morgan fingerprint density at radius 1 is 1.64 bits per heavy atom. The summed E-state index contributed by atoms with van der Waals surface area (Å²) in [6.07, 6.45) is 1.58. The van der Waals surface area contributed by atoms with Crippen LogP contribution in [0.25, 0.3) is 0 Å². The summed E-state index contributed by atoms with van der Waals surface area (Å²) >= 11 is 5.45. The number of hydrogen-bond donors (Lipinski definition) is 0. The molecule has 0 radical (unpaired) electrons. The van der Waals surface area contributed by atoms with Crippen LogP contribution in [0.5, 0.6) is 0 Å². The van der Waals surface area contributed by atoms with Crippen LogP contribution in [0.1, 0.15) is 13.3 Å². The van der Waals surface area contributed by atoms with Gasteiger partial charge in [0.05, 0.1) is 5.03 Å². The maximum atomic E-state index is 12.8. The number of allylic oxidation sites excluding steroid dienone is 4. The van der Waals surface area contributed by atoms with E-state index in [1.807, 2.05) is 0 Å². The summed E-state index contributed by atoms with van der Waals surface area (Å²) in [7, 11) is 0. The molecule has 0 aromatic rings. The van der Waals surface area contributed by atoms with Gasteiger partial charge in [0.15, 0.2) is 0 Å². The molecular formula is C8H9ClF2. The molecule has 2 atom stereocenters. The summed E-state index contributed by atoms with van der Waals surface area (Å²) in [6, 6.07) is 0. The highest BCUT2D eigenvalue weighted by Crippen LogP contribution is 2.27. The first-order valence-corrected chi connectivity index (χ1v) is 3.85. The molecule has 1 rings (SSSR count). The van der Waals surface area contributed by atoms with Crippen molar-refractivity contribution in [3.05, 3.63) is 23.0 Å². The summed E-state index contributed by atoms with van der Waals surface area (Å²) in [4.78, 5) is 0. The lowest BCUT2D eigenvalue weighted by Crippen LogP contribution is -2.08. The van der Waals surface area contributed by atoms with Crippen molar-refractivity contribution >= 4 is 11.6 Å². The van der Waals surface area contributed by atoms with Gasteiger partial charge in [-0.1, -0.05) is 18.5 Å². The smallest absolute Gasteiger partial charge is 0.122 e. The van der Waals surface area contributed by atoms with Crippen LogP contribution in [0.3, 0.4) is 0 Å². The Morgan fingerprint density at radius 3 is 2.91 bits per heavy atom. The third-order valence-corrected chi connectivity index (χ3v) is 2.06. The van der Waals surface area contributed by atoms with Gasteiger partial charge in [0.1, 0.15) is 12.0 Å². The Balaban J connectivity index is 2.82. The van der Waals surface area contributed by atoms with E-state index in [0.29, 0.717) is 0 Å². The predicted molar refractivity (Wildman–Crippen MR) is 41.8 cm³/mol. The maximum Gasteiger partial charge on any atom is 0.122 e. The van der Waals surface area contributed by atoms with Crippen LogP contribution in [-0.4, -0.2) is 6.17 Å². The quantitative estimate of drug-likeness (QED) is 0.534. The second kappa shape index (κ2) is 3.35. The zero-order valence-electron chi connectivity index (χ0n) is 6.15. The van der Waals surface area contributed by atoms with Crippen LogP contribution < -0.4 is 0 Å². The van der Waals surface area contributed by atoms with Crippen molar-refractivity contribution in [1.82, 2.24) is 0 Å². The standard InChI is InChI=1S/C8H9ClF2/c1-5-4-8(11)6(9)2-3-7(5)10/h2-3,5,7H,4H2,1H3. The topological polar surface area (TPSA) is 0 Å². The molecule has 0 fully saturated rings. The van der Waals surface area contributed by atoms with Crippen molar-refractivity contribution in [2.24, 2.45) is 5.92 Å². The fourth-order valence-electron chi connectivity index (χ4n) is 0.949. The molecule has 1 aliphatic carbocycles. The lowest BCUT2D eigenvalue weighted by atomic mass is 10.0. The largest absolute Gasteiger partial charge is 0.243 e. The van der Waals surface area contributed by atoms with E-state index >= 15 is 0 Å². The molecule has 0 aliphatic heterocycles. The fraction of sp³-hybridized carbons (Fsp3) is 0.500. The number of hydrogen-bond acceptors (Lipinski definition) is 0. The van der Waals surface area contributed by atoms with E-state index in [-0.39, 0.29) is 17.4 Å². The molecule has 1 aliphatic rings. The normalized spacial score (nSPS) is 32.4. The highest BCUT2D eigenvalue weighted by molar-refractivity contribution is 6.31. The Morgan fingerprint density at radius 2 is 2.27 bits per heavy atom. The van der Waals surface area contributed by atoms with E-state index in [0.717, 1.165) is 0 Å². The van der Waals surface area contributed by atoms with Gasteiger partial charge in [0, 0.05) is 6.42 Å². The van der Waals surface area contributed by atoms with Crippen LogP contribution in [0.2, 0.25) is 0 Å². The van der Waals surface area contributed by atoms with E-state index < -0.39 is 12.0 Å². The minimum absolute atomic E-state index is 0.0250. The van der Waals surface area contributed by atoms with E-state index in [2.05, 4.69) is 0 Å². The van der Waals surface area contributed by atoms with Gasteiger partial charge in [-0.05, 0) is 18.1 Å². The van der Waals surface area contributed by atoms with Crippen molar-refractivity contribution in [2.75, 3.05) is 0 Å².